The molecule has 1 N–H and O–H groups in total. The SMILES string of the molecule is COc1ccc(SCCCN2CC[C@@H](CCCc3ccnc4ccc(OC)cc34)[C@@H](CC(=O)O)C2)cc1. The molecule has 198 valence electrons. The van der Waals surface area contributed by atoms with Gasteiger partial charge in [0.1, 0.15) is 11.5 Å². The van der Waals surface area contributed by atoms with E-state index in [1.165, 1.54) is 10.5 Å². The van der Waals surface area contributed by atoms with Gasteiger partial charge in [-0.2, -0.15) is 0 Å². The van der Waals surface area contributed by atoms with Gasteiger partial charge >= 0.3 is 5.97 Å². The van der Waals surface area contributed by atoms with Crippen molar-refractivity contribution in [3.05, 3.63) is 60.3 Å². The van der Waals surface area contributed by atoms with Crippen LogP contribution in [0.2, 0.25) is 0 Å². The molecule has 0 amide bonds. The number of rotatable bonds is 13. The van der Waals surface area contributed by atoms with Crippen molar-refractivity contribution in [1.29, 1.82) is 0 Å². The largest absolute Gasteiger partial charge is 0.497 e. The minimum atomic E-state index is -0.681. The predicted molar refractivity (Wildman–Crippen MR) is 150 cm³/mol. The number of aliphatic carboxylic acids is 1. The molecule has 2 atom stereocenters. The molecule has 4 rings (SSSR count). The summed E-state index contributed by atoms with van der Waals surface area (Å²) in [7, 11) is 3.37. The molecule has 1 aromatic heterocycles. The number of benzene rings is 2. The smallest absolute Gasteiger partial charge is 0.303 e. The van der Waals surface area contributed by atoms with Gasteiger partial charge in [-0.15, -0.1) is 11.8 Å². The number of pyridine rings is 1. The zero-order valence-electron chi connectivity index (χ0n) is 21.9. The van der Waals surface area contributed by atoms with Crippen LogP contribution < -0.4 is 9.47 Å². The highest BCUT2D eigenvalue weighted by molar-refractivity contribution is 7.99. The summed E-state index contributed by atoms with van der Waals surface area (Å²) in [6.45, 7) is 2.97. The summed E-state index contributed by atoms with van der Waals surface area (Å²) in [4.78, 5) is 19.9. The maximum absolute atomic E-state index is 11.6. The number of carboxylic acids is 1. The quantitative estimate of drug-likeness (QED) is 0.213. The Hall–Kier alpha value is -2.77. The standard InChI is InChI=1S/C30H38N2O4S/c1-35-25-7-10-27(11-8-25)37-18-4-16-32-17-14-22(24(21-32)19-30(33)34)5-3-6-23-13-15-31-29-12-9-26(36-2)20-28(23)29/h7-13,15,20,22,24H,3-6,14,16-19,21H2,1-2H3,(H,33,34)/t22-,24+/m1/s1. The van der Waals surface area contributed by atoms with E-state index in [9.17, 15) is 9.90 Å². The Kier molecular flexibility index (Phi) is 10.1. The average molecular weight is 523 g/mol. The number of nitrogens with zero attached hydrogens (tertiary/aromatic N) is 2. The summed E-state index contributed by atoms with van der Waals surface area (Å²) in [6, 6.07) is 16.3. The van der Waals surface area contributed by atoms with E-state index in [0.29, 0.717) is 5.92 Å². The third kappa shape index (κ3) is 7.86. The van der Waals surface area contributed by atoms with Crippen LogP contribution in [0.3, 0.4) is 0 Å². The van der Waals surface area contributed by atoms with E-state index < -0.39 is 5.97 Å². The first kappa shape index (κ1) is 27.3. The highest BCUT2D eigenvalue weighted by atomic mass is 32.2. The second-order valence-electron chi connectivity index (χ2n) is 9.83. The van der Waals surface area contributed by atoms with Crippen molar-refractivity contribution in [3.8, 4) is 11.5 Å². The molecule has 0 radical (unpaired) electrons. The van der Waals surface area contributed by atoms with E-state index in [1.807, 2.05) is 42.2 Å². The fraction of sp³-hybridized carbons (Fsp3) is 0.467. The van der Waals surface area contributed by atoms with Gasteiger partial charge in [-0.25, -0.2) is 0 Å². The second-order valence-corrected chi connectivity index (χ2v) is 11.0. The molecule has 1 aliphatic rings. The maximum Gasteiger partial charge on any atom is 0.303 e. The Morgan fingerprint density at radius 3 is 2.59 bits per heavy atom. The number of carboxylic acid groups (broad SMARTS) is 1. The topological polar surface area (TPSA) is 71.9 Å². The van der Waals surface area contributed by atoms with E-state index in [1.54, 1.807) is 14.2 Å². The van der Waals surface area contributed by atoms with Gasteiger partial charge in [0.25, 0.3) is 0 Å². The Balaban J connectivity index is 1.26. The molecule has 7 heteroatoms. The Morgan fingerprint density at radius 2 is 1.84 bits per heavy atom. The van der Waals surface area contributed by atoms with E-state index in [-0.39, 0.29) is 12.3 Å². The number of fused-ring (bicyclic) bond motifs is 1. The summed E-state index contributed by atoms with van der Waals surface area (Å²) in [5.74, 6) is 2.78. The van der Waals surface area contributed by atoms with Crippen molar-refractivity contribution >= 4 is 28.6 Å². The molecule has 0 spiro atoms. The van der Waals surface area contributed by atoms with Crippen molar-refractivity contribution < 1.29 is 19.4 Å². The highest BCUT2D eigenvalue weighted by Gasteiger charge is 2.30. The normalized spacial score (nSPS) is 18.1. The Morgan fingerprint density at radius 1 is 1.05 bits per heavy atom. The minimum Gasteiger partial charge on any atom is -0.497 e. The molecule has 1 fully saturated rings. The Bertz CT molecular complexity index is 1150. The second kappa shape index (κ2) is 13.7. The number of likely N-dealkylation sites (tertiary alicyclic amines) is 1. The van der Waals surface area contributed by atoms with Crippen molar-refractivity contribution in [2.45, 2.75) is 43.4 Å². The molecule has 2 aromatic carbocycles. The molecule has 6 nitrogen and oxygen atoms in total. The van der Waals surface area contributed by atoms with Crippen LogP contribution in [0, 0.1) is 11.8 Å². The number of methoxy groups -OCH3 is 2. The van der Waals surface area contributed by atoms with E-state index in [4.69, 9.17) is 9.47 Å². The van der Waals surface area contributed by atoms with Crippen LogP contribution in [0.25, 0.3) is 10.9 Å². The number of hydrogen-bond donors (Lipinski definition) is 1. The first-order chi connectivity index (χ1) is 18.1. The van der Waals surface area contributed by atoms with E-state index in [0.717, 1.165) is 79.9 Å². The first-order valence-corrected chi connectivity index (χ1v) is 14.2. The molecule has 1 aliphatic heterocycles. The van der Waals surface area contributed by atoms with Crippen LogP contribution in [0.4, 0.5) is 0 Å². The van der Waals surface area contributed by atoms with Crippen molar-refractivity contribution in [1.82, 2.24) is 9.88 Å². The third-order valence-corrected chi connectivity index (χ3v) is 8.52. The lowest BCUT2D eigenvalue weighted by atomic mass is 9.80. The monoisotopic (exact) mass is 522 g/mol. The lowest BCUT2D eigenvalue weighted by molar-refractivity contribution is -0.139. The lowest BCUT2D eigenvalue weighted by Gasteiger charge is -2.38. The van der Waals surface area contributed by atoms with E-state index >= 15 is 0 Å². The number of aryl methyl sites for hydroxylation is 1. The molecule has 0 bridgehead atoms. The van der Waals surface area contributed by atoms with Crippen LogP contribution >= 0.6 is 11.8 Å². The number of piperidine rings is 1. The third-order valence-electron chi connectivity index (χ3n) is 7.42. The first-order valence-electron chi connectivity index (χ1n) is 13.2. The van der Waals surface area contributed by atoms with Crippen LogP contribution in [-0.4, -0.2) is 60.6 Å². The highest BCUT2D eigenvalue weighted by Crippen LogP contribution is 2.32. The van der Waals surface area contributed by atoms with Gasteiger partial charge in [0, 0.05) is 29.4 Å². The number of carbonyl (C=O) groups is 1. The van der Waals surface area contributed by atoms with Gasteiger partial charge in [0.05, 0.1) is 19.7 Å². The van der Waals surface area contributed by atoms with Gasteiger partial charge in [-0.05, 0) is 117 Å². The fourth-order valence-corrected chi connectivity index (χ4v) is 6.26. The summed E-state index contributed by atoms with van der Waals surface area (Å²) >= 11 is 1.86. The lowest BCUT2D eigenvalue weighted by Crippen LogP contribution is -2.41. The van der Waals surface area contributed by atoms with Crippen molar-refractivity contribution in [3.63, 3.8) is 0 Å². The van der Waals surface area contributed by atoms with Crippen LogP contribution in [-0.2, 0) is 11.2 Å². The van der Waals surface area contributed by atoms with E-state index in [2.05, 4.69) is 34.1 Å². The molecule has 2 heterocycles. The van der Waals surface area contributed by atoms with Gasteiger partial charge < -0.3 is 19.5 Å². The summed E-state index contributed by atoms with van der Waals surface area (Å²) < 4.78 is 10.6. The summed E-state index contributed by atoms with van der Waals surface area (Å²) in [5, 5.41) is 10.7. The molecule has 1 saturated heterocycles. The van der Waals surface area contributed by atoms with Crippen LogP contribution in [0.5, 0.6) is 11.5 Å². The van der Waals surface area contributed by atoms with Crippen molar-refractivity contribution in [2.24, 2.45) is 11.8 Å². The Labute approximate surface area is 224 Å². The van der Waals surface area contributed by atoms with Gasteiger partial charge in [0.2, 0.25) is 0 Å². The molecule has 0 unspecified atom stereocenters. The number of aromatic nitrogens is 1. The van der Waals surface area contributed by atoms with Gasteiger partial charge in [-0.1, -0.05) is 0 Å². The predicted octanol–water partition coefficient (Wildman–Crippen LogP) is 6.17. The number of thioether (sulfide) groups is 1. The van der Waals surface area contributed by atoms with Gasteiger partial charge in [0.15, 0.2) is 0 Å². The molecular weight excluding hydrogens is 484 g/mol. The fourth-order valence-electron chi connectivity index (χ4n) is 5.43. The van der Waals surface area contributed by atoms with Crippen molar-refractivity contribution in [2.75, 3.05) is 39.6 Å². The summed E-state index contributed by atoms with van der Waals surface area (Å²) in [6.07, 6.45) is 7.39. The number of ether oxygens (including phenoxy) is 2. The molecule has 0 aliphatic carbocycles. The maximum atomic E-state index is 11.6. The van der Waals surface area contributed by atoms with Gasteiger partial charge in [-0.3, -0.25) is 9.78 Å². The molecular formula is C30H38N2O4S. The minimum absolute atomic E-state index is 0.217. The zero-order valence-corrected chi connectivity index (χ0v) is 22.7. The molecule has 37 heavy (non-hydrogen) atoms. The summed E-state index contributed by atoms with van der Waals surface area (Å²) in [5.41, 5.74) is 2.27. The molecule has 0 saturated carbocycles. The molecule has 3 aromatic rings. The number of hydrogen-bond acceptors (Lipinski definition) is 6. The van der Waals surface area contributed by atoms with Crippen LogP contribution in [0.15, 0.2) is 59.6 Å². The average Bonchev–Trinajstić information content (AvgIpc) is 2.92. The van der Waals surface area contributed by atoms with Crippen LogP contribution in [0.1, 0.15) is 37.7 Å². The zero-order chi connectivity index (χ0) is 26.0.